The van der Waals surface area contributed by atoms with E-state index < -0.39 is 0 Å². The Kier molecular flexibility index (Phi) is 13.6. The van der Waals surface area contributed by atoms with Crippen molar-refractivity contribution in [1.82, 2.24) is 0 Å². The third-order valence-corrected chi connectivity index (χ3v) is 6.83. The van der Waals surface area contributed by atoms with Gasteiger partial charge in [0.2, 0.25) is 0 Å². The minimum absolute atomic E-state index is 0.288. The summed E-state index contributed by atoms with van der Waals surface area (Å²) < 4.78 is 0. The number of aryl methyl sites for hydroxylation is 4. The third-order valence-electron chi connectivity index (χ3n) is 6.83. The van der Waals surface area contributed by atoms with Crippen molar-refractivity contribution in [1.29, 1.82) is 0 Å². The first-order chi connectivity index (χ1) is 18.4. The van der Waals surface area contributed by atoms with E-state index >= 15 is 0 Å². The predicted molar refractivity (Wildman–Crippen MR) is 173 cm³/mol. The van der Waals surface area contributed by atoms with Crippen LogP contribution in [0.5, 0.6) is 0 Å². The quantitative estimate of drug-likeness (QED) is 0.209. The molecule has 4 aromatic carbocycles. The summed E-state index contributed by atoms with van der Waals surface area (Å²) >= 11 is 0. The summed E-state index contributed by atoms with van der Waals surface area (Å²) in [7, 11) is 0. The first kappa shape index (κ1) is 32.6. The zero-order valence-electron chi connectivity index (χ0n) is 25.7. The monoisotopic (exact) mass is 506 g/mol. The van der Waals surface area contributed by atoms with Crippen molar-refractivity contribution in [3.63, 3.8) is 0 Å². The maximum absolute atomic E-state index is 3.00. The summed E-state index contributed by atoms with van der Waals surface area (Å²) in [6.45, 7) is 27.1. The zero-order chi connectivity index (χ0) is 28.9. The molecule has 0 atom stereocenters. The Bertz CT molecular complexity index is 1180. The lowest BCUT2D eigenvalue weighted by Gasteiger charge is -2.34. The van der Waals surface area contributed by atoms with Gasteiger partial charge in [-0.3, -0.25) is 0 Å². The Morgan fingerprint density at radius 2 is 0.816 bits per heavy atom. The van der Waals surface area contributed by atoms with E-state index in [4.69, 9.17) is 0 Å². The molecule has 0 heteroatoms. The summed E-state index contributed by atoms with van der Waals surface area (Å²) in [5, 5.41) is 0. The molecule has 4 aromatic rings. The fourth-order valence-electron chi connectivity index (χ4n) is 4.97. The summed E-state index contributed by atoms with van der Waals surface area (Å²) in [5.74, 6) is 0. The highest BCUT2D eigenvalue weighted by atomic mass is 14.5. The lowest BCUT2D eigenvalue weighted by Crippen LogP contribution is -2.29. The van der Waals surface area contributed by atoms with E-state index in [1.165, 1.54) is 62.1 Å². The van der Waals surface area contributed by atoms with Crippen LogP contribution in [0.15, 0.2) is 98.1 Å². The number of hydrogen-bond acceptors (Lipinski definition) is 0. The molecule has 0 saturated heterocycles. The fraction of sp³-hybridized carbons (Fsp3) is 0.316. The van der Waals surface area contributed by atoms with Crippen LogP contribution in [0.3, 0.4) is 0 Å². The van der Waals surface area contributed by atoms with Crippen molar-refractivity contribution < 1.29 is 0 Å². The Labute approximate surface area is 234 Å². The van der Waals surface area contributed by atoms with Crippen molar-refractivity contribution in [2.45, 2.75) is 81.1 Å². The first-order valence-electron chi connectivity index (χ1n) is 14.3. The van der Waals surface area contributed by atoms with Gasteiger partial charge in [-0.25, -0.2) is 0 Å². The second-order valence-electron chi connectivity index (χ2n) is 9.15. The Hall–Kier alpha value is -3.38. The highest BCUT2D eigenvalue weighted by molar-refractivity contribution is 5.86. The molecule has 0 N–H and O–H groups in total. The molecular formula is C38H50. The van der Waals surface area contributed by atoms with E-state index in [0.29, 0.717) is 0 Å². The molecule has 0 heterocycles. The lowest BCUT2D eigenvalue weighted by molar-refractivity contribution is 0.765. The van der Waals surface area contributed by atoms with Crippen LogP contribution in [0.1, 0.15) is 92.5 Å². The number of benzene rings is 4. The van der Waals surface area contributed by atoms with Crippen molar-refractivity contribution in [3.8, 4) is 11.1 Å². The third kappa shape index (κ3) is 6.18. The van der Waals surface area contributed by atoms with Crippen molar-refractivity contribution in [3.05, 3.63) is 143 Å². The van der Waals surface area contributed by atoms with Crippen LogP contribution in [0.25, 0.3) is 11.1 Å². The Balaban J connectivity index is 0.000000723. The normalized spacial score (nSPS) is 11.4. The Morgan fingerprint density at radius 1 is 0.500 bits per heavy atom. The molecule has 0 radical (unpaired) electrons. The molecule has 0 bridgehead atoms. The van der Waals surface area contributed by atoms with Gasteiger partial charge in [0, 0.05) is 0 Å². The summed E-state index contributed by atoms with van der Waals surface area (Å²) in [4.78, 5) is 0. The van der Waals surface area contributed by atoms with E-state index in [1.807, 2.05) is 27.7 Å². The topological polar surface area (TPSA) is 0 Å². The first-order valence-corrected chi connectivity index (χ1v) is 14.3. The van der Waals surface area contributed by atoms with Gasteiger partial charge in [0.25, 0.3) is 0 Å². The van der Waals surface area contributed by atoms with Gasteiger partial charge in [0.1, 0.15) is 0 Å². The smallest absolute Gasteiger partial charge is 0.0713 e. The van der Waals surface area contributed by atoms with E-state index in [2.05, 4.69) is 140 Å². The van der Waals surface area contributed by atoms with Gasteiger partial charge in [0.15, 0.2) is 0 Å². The van der Waals surface area contributed by atoms with Crippen LogP contribution in [0.4, 0.5) is 0 Å². The maximum atomic E-state index is 3.00. The fourth-order valence-corrected chi connectivity index (χ4v) is 4.97. The molecule has 0 unspecified atom stereocenters. The van der Waals surface area contributed by atoms with Gasteiger partial charge in [-0.2, -0.15) is 0 Å². The molecule has 38 heavy (non-hydrogen) atoms. The van der Waals surface area contributed by atoms with E-state index in [1.54, 1.807) is 0 Å². The van der Waals surface area contributed by atoms with Gasteiger partial charge in [-0.1, -0.05) is 133 Å². The molecule has 0 fully saturated rings. The van der Waals surface area contributed by atoms with Gasteiger partial charge in [0.05, 0.1) is 5.41 Å². The van der Waals surface area contributed by atoms with Crippen molar-refractivity contribution >= 4 is 0 Å². The van der Waals surface area contributed by atoms with Crippen LogP contribution in [-0.2, 0) is 5.41 Å². The van der Waals surface area contributed by atoms with Crippen LogP contribution < -0.4 is 0 Å². The van der Waals surface area contributed by atoms with Gasteiger partial charge < -0.3 is 0 Å². The SMILES string of the molecule is C=C.CC.CC.CCC.Cc1ccc(C2(c3ccc(C)c(C)c3)c3ccccc3-c3ccccc32)cc1C. The highest BCUT2D eigenvalue weighted by Crippen LogP contribution is 2.56. The number of hydrogen-bond donors (Lipinski definition) is 0. The molecule has 202 valence electrons. The van der Waals surface area contributed by atoms with Crippen molar-refractivity contribution in [2.75, 3.05) is 0 Å². The predicted octanol–water partition coefficient (Wildman–Crippen LogP) is 11.6. The zero-order valence-corrected chi connectivity index (χ0v) is 25.7. The second kappa shape index (κ2) is 15.8. The molecule has 1 aliphatic carbocycles. The molecule has 1 aliphatic rings. The van der Waals surface area contributed by atoms with Gasteiger partial charge in [-0.15, -0.1) is 13.2 Å². The van der Waals surface area contributed by atoms with E-state index in [9.17, 15) is 0 Å². The molecule has 0 amide bonds. The minimum Gasteiger partial charge on any atom is -0.106 e. The van der Waals surface area contributed by atoms with Crippen molar-refractivity contribution in [2.24, 2.45) is 0 Å². The van der Waals surface area contributed by atoms with Crippen LogP contribution in [0, 0.1) is 27.7 Å². The average Bonchev–Trinajstić information content (AvgIpc) is 3.27. The van der Waals surface area contributed by atoms with Gasteiger partial charge >= 0.3 is 0 Å². The number of rotatable bonds is 2. The van der Waals surface area contributed by atoms with Gasteiger partial charge in [-0.05, 0) is 83.3 Å². The average molecular weight is 507 g/mol. The summed E-state index contributed by atoms with van der Waals surface area (Å²) in [6, 6.07) is 31.9. The minimum atomic E-state index is -0.288. The maximum Gasteiger partial charge on any atom is 0.0713 e. The molecule has 0 saturated carbocycles. The van der Waals surface area contributed by atoms with Crippen LogP contribution in [0.2, 0.25) is 0 Å². The van der Waals surface area contributed by atoms with Crippen LogP contribution >= 0.6 is 0 Å². The standard InChI is InChI=1S/C29H26.C3H8.2C2H6.C2H4/c1-19-13-15-23(17-21(19)3)29(24-16-14-20(2)22(4)18-24)27-11-7-5-9-25(27)26-10-6-8-12-28(26)29;1-3-2;3*1-2/h5-18H,1-4H3;3H2,1-2H3;2*1-2H3;1-2H2. The van der Waals surface area contributed by atoms with E-state index in [0.717, 1.165) is 0 Å². The number of fused-ring (bicyclic) bond motifs is 3. The van der Waals surface area contributed by atoms with E-state index in [-0.39, 0.29) is 5.41 Å². The molecule has 0 spiro atoms. The molecule has 5 rings (SSSR count). The molecule has 0 aromatic heterocycles. The Morgan fingerprint density at radius 3 is 1.13 bits per heavy atom. The molecular weight excluding hydrogens is 456 g/mol. The summed E-state index contributed by atoms with van der Waals surface area (Å²) in [6.07, 6.45) is 1.25. The highest BCUT2D eigenvalue weighted by Gasteiger charge is 2.45. The van der Waals surface area contributed by atoms with Crippen LogP contribution in [-0.4, -0.2) is 0 Å². The molecule has 0 nitrogen and oxygen atoms in total. The largest absolute Gasteiger partial charge is 0.106 e. The lowest BCUT2D eigenvalue weighted by atomic mass is 9.67. The summed E-state index contributed by atoms with van der Waals surface area (Å²) in [5.41, 5.74) is 13.2. The second-order valence-corrected chi connectivity index (χ2v) is 9.15. The molecule has 0 aliphatic heterocycles.